The van der Waals surface area contributed by atoms with E-state index in [2.05, 4.69) is 6.58 Å². The third-order valence-electron chi connectivity index (χ3n) is 7.17. The van der Waals surface area contributed by atoms with Crippen molar-refractivity contribution in [3.05, 3.63) is 101 Å². The molecular formula is C34H37NO6. The summed E-state index contributed by atoms with van der Waals surface area (Å²) in [6.45, 7) is 10.0. The Hall–Kier alpha value is -4.52. The maximum absolute atomic E-state index is 13.7. The molecule has 7 heteroatoms. The first-order valence-corrected chi connectivity index (χ1v) is 13.6. The van der Waals surface area contributed by atoms with Crippen molar-refractivity contribution >= 4 is 17.3 Å². The lowest BCUT2D eigenvalue weighted by Crippen LogP contribution is -2.31. The summed E-state index contributed by atoms with van der Waals surface area (Å²) >= 11 is 0. The molecule has 3 aromatic rings. The van der Waals surface area contributed by atoms with Crippen molar-refractivity contribution in [3.63, 3.8) is 0 Å². The number of ether oxygens (including phenoxy) is 4. The van der Waals surface area contributed by atoms with Crippen molar-refractivity contribution in [3.8, 4) is 23.0 Å². The molecule has 0 bridgehead atoms. The fraction of sp³-hybridized carbons (Fsp3) is 0.294. The molecule has 0 aliphatic carbocycles. The third kappa shape index (κ3) is 6.62. The molecular weight excluding hydrogens is 518 g/mol. The van der Waals surface area contributed by atoms with Gasteiger partial charge in [0.05, 0.1) is 33.5 Å². The van der Waals surface area contributed by atoms with E-state index in [0.717, 1.165) is 22.3 Å². The Balaban J connectivity index is 1.41. The minimum Gasteiger partial charge on any atom is -0.493 e. The van der Waals surface area contributed by atoms with Gasteiger partial charge in [-0.2, -0.15) is 0 Å². The summed E-state index contributed by atoms with van der Waals surface area (Å²) in [5.41, 5.74) is 4.97. The van der Waals surface area contributed by atoms with Crippen molar-refractivity contribution < 1.29 is 28.5 Å². The lowest BCUT2D eigenvalue weighted by molar-refractivity contribution is 0.0805. The van der Waals surface area contributed by atoms with Crippen LogP contribution in [0.15, 0.2) is 73.5 Å². The standard InChI is InChI=1S/C34H37NO6/c1-7-27-18-26(25-12-9-8-10-13-25)21-35(27)34(37)29-20-31(39-6)33(17-23(29)3)41-15-11-14-40-32-16-22(2)28(24(4)36)19-30(32)38-5/h7-10,12-13,16-17,19-21,27H,1,11,14-15,18H2,2-6H3. The van der Waals surface area contributed by atoms with Gasteiger partial charge in [0, 0.05) is 23.7 Å². The first kappa shape index (κ1) is 29.5. The SMILES string of the molecule is C=CC1CC(c2ccccc2)=CN1C(=O)c1cc(OC)c(OCCCOc2cc(C)c(C(C)=O)cc2OC)cc1C. The number of amides is 1. The number of rotatable bonds is 12. The van der Waals surface area contributed by atoms with Crippen LogP contribution >= 0.6 is 0 Å². The lowest BCUT2D eigenvalue weighted by atomic mass is 10.0. The number of hydrogen-bond acceptors (Lipinski definition) is 6. The highest BCUT2D eigenvalue weighted by Gasteiger charge is 2.30. The molecule has 41 heavy (non-hydrogen) atoms. The van der Waals surface area contributed by atoms with E-state index in [1.165, 1.54) is 6.92 Å². The van der Waals surface area contributed by atoms with Gasteiger partial charge < -0.3 is 23.8 Å². The first-order valence-electron chi connectivity index (χ1n) is 13.6. The average Bonchev–Trinajstić information content (AvgIpc) is 3.42. The number of nitrogens with zero attached hydrogens (tertiary/aromatic N) is 1. The van der Waals surface area contributed by atoms with Crippen LogP contribution in [0, 0.1) is 13.8 Å². The summed E-state index contributed by atoms with van der Waals surface area (Å²) in [6.07, 6.45) is 5.04. The van der Waals surface area contributed by atoms with Crippen molar-refractivity contribution in [2.45, 2.75) is 39.7 Å². The van der Waals surface area contributed by atoms with Crippen LogP contribution in [-0.2, 0) is 0 Å². The zero-order chi connectivity index (χ0) is 29.5. The van der Waals surface area contributed by atoms with Crippen molar-refractivity contribution in [1.82, 2.24) is 4.90 Å². The van der Waals surface area contributed by atoms with Crippen molar-refractivity contribution in [1.29, 1.82) is 0 Å². The Morgan fingerprint density at radius 1 is 0.878 bits per heavy atom. The largest absolute Gasteiger partial charge is 0.493 e. The van der Waals surface area contributed by atoms with Gasteiger partial charge in [0.25, 0.3) is 5.91 Å². The van der Waals surface area contributed by atoms with Gasteiger partial charge in [0.2, 0.25) is 0 Å². The number of benzene rings is 3. The average molecular weight is 556 g/mol. The van der Waals surface area contributed by atoms with Crippen LogP contribution in [-0.4, -0.2) is 50.1 Å². The van der Waals surface area contributed by atoms with Gasteiger partial charge in [-0.05, 0) is 73.7 Å². The van der Waals surface area contributed by atoms with Gasteiger partial charge in [0.1, 0.15) is 0 Å². The highest BCUT2D eigenvalue weighted by molar-refractivity contribution is 5.99. The molecule has 1 aliphatic rings. The molecule has 0 saturated heterocycles. The van der Waals surface area contributed by atoms with Crippen LogP contribution in [0.1, 0.15) is 57.2 Å². The van der Waals surface area contributed by atoms with Crippen molar-refractivity contribution in [2.75, 3.05) is 27.4 Å². The lowest BCUT2D eigenvalue weighted by Gasteiger charge is -2.22. The number of methoxy groups -OCH3 is 2. The maximum atomic E-state index is 13.7. The second-order valence-corrected chi connectivity index (χ2v) is 9.98. The normalized spacial score (nSPS) is 14.3. The molecule has 7 nitrogen and oxygen atoms in total. The number of aryl methyl sites for hydroxylation is 2. The summed E-state index contributed by atoms with van der Waals surface area (Å²) in [5.74, 6) is 2.00. The molecule has 0 saturated carbocycles. The number of carbonyl (C=O) groups excluding carboxylic acids is 2. The fourth-order valence-electron chi connectivity index (χ4n) is 4.93. The Labute approximate surface area is 242 Å². The van der Waals surface area contributed by atoms with E-state index in [9.17, 15) is 9.59 Å². The molecule has 0 N–H and O–H groups in total. The molecule has 1 aliphatic heterocycles. The Bertz CT molecular complexity index is 1460. The van der Waals surface area contributed by atoms with E-state index < -0.39 is 0 Å². The molecule has 1 unspecified atom stereocenters. The molecule has 1 heterocycles. The summed E-state index contributed by atoms with van der Waals surface area (Å²) in [4.78, 5) is 27.2. The molecule has 1 amide bonds. The molecule has 214 valence electrons. The number of hydrogen-bond donors (Lipinski definition) is 0. The number of ketones is 1. The van der Waals surface area contributed by atoms with E-state index in [1.807, 2.05) is 68.6 Å². The van der Waals surface area contributed by atoms with Crippen LogP contribution < -0.4 is 18.9 Å². The summed E-state index contributed by atoms with van der Waals surface area (Å²) in [7, 11) is 3.11. The van der Waals surface area contributed by atoms with Crippen LogP contribution in [0.3, 0.4) is 0 Å². The van der Waals surface area contributed by atoms with E-state index in [1.54, 1.807) is 31.3 Å². The van der Waals surface area contributed by atoms with Gasteiger partial charge >= 0.3 is 0 Å². The van der Waals surface area contributed by atoms with E-state index >= 15 is 0 Å². The number of carbonyl (C=O) groups is 2. The van der Waals surface area contributed by atoms with Crippen LogP contribution in [0.5, 0.6) is 23.0 Å². The minimum absolute atomic E-state index is 0.0212. The molecule has 3 aromatic carbocycles. The van der Waals surface area contributed by atoms with Crippen molar-refractivity contribution in [2.24, 2.45) is 0 Å². The maximum Gasteiger partial charge on any atom is 0.258 e. The van der Waals surface area contributed by atoms with Gasteiger partial charge in [-0.25, -0.2) is 0 Å². The molecule has 4 rings (SSSR count). The monoisotopic (exact) mass is 555 g/mol. The topological polar surface area (TPSA) is 74.3 Å². The quantitative estimate of drug-likeness (QED) is 0.139. The molecule has 0 radical (unpaired) electrons. The summed E-state index contributed by atoms with van der Waals surface area (Å²) < 4.78 is 22.9. The predicted molar refractivity (Wildman–Crippen MR) is 160 cm³/mol. The minimum atomic E-state index is -0.125. The first-order chi connectivity index (χ1) is 19.8. The summed E-state index contributed by atoms with van der Waals surface area (Å²) in [6, 6.07) is 17.0. The Morgan fingerprint density at radius 2 is 1.44 bits per heavy atom. The fourth-order valence-corrected chi connectivity index (χ4v) is 4.93. The van der Waals surface area contributed by atoms with Crippen LogP contribution in [0.4, 0.5) is 0 Å². The van der Waals surface area contributed by atoms with Crippen LogP contribution in [0.2, 0.25) is 0 Å². The van der Waals surface area contributed by atoms with E-state index in [0.29, 0.717) is 60.2 Å². The second-order valence-electron chi connectivity index (χ2n) is 9.98. The van der Waals surface area contributed by atoms with E-state index in [4.69, 9.17) is 18.9 Å². The third-order valence-corrected chi connectivity index (χ3v) is 7.17. The number of Topliss-reactive ketones (excluding diaryl/α,β-unsaturated/α-hetero) is 1. The smallest absolute Gasteiger partial charge is 0.258 e. The molecule has 1 atom stereocenters. The van der Waals surface area contributed by atoms with Gasteiger partial charge in [-0.1, -0.05) is 36.4 Å². The molecule has 0 spiro atoms. The van der Waals surface area contributed by atoms with Crippen LogP contribution in [0.25, 0.3) is 5.57 Å². The molecule has 0 aromatic heterocycles. The van der Waals surface area contributed by atoms with Gasteiger partial charge in [-0.3, -0.25) is 9.59 Å². The van der Waals surface area contributed by atoms with E-state index in [-0.39, 0.29) is 17.7 Å². The molecule has 0 fully saturated rings. The second kappa shape index (κ2) is 13.2. The van der Waals surface area contributed by atoms with Gasteiger partial charge in [0.15, 0.2) is 28.8 Å². The predicted octanol–water partition coefficient (Wildman–Crippen LogP) is 6.81. The summed E-state index contributed by atoms with van der Waals surface area (Å²) in [5, 5.41) is 0. The highest BCUT2D eigenvalue weighted by Crippen LogP contribution is 2.35. The van der Waals surface area contributed by atoms with Gasteiger partial charge in [-0.15, -0.1) is 6.58 Å². The Morgan fingerprint density at radius 3 is 1.98 bits per heavy atom. The zero-order valence-corrected chi connectivity index (χ0v) is 24.4. The zero-order valence-electron chi connectivity index (χ0n) is 24.4. The Kier molecular flexibility index (Phi) is 9.50. The highest BCUT2D eigenvalue weighted by atomic mass is 16.5.